The highest BCUT2D eigenvalue weighted by atomic mass is 16.1. The van der Waals surface area contributed by atoms with E-state index >= 15 is 0 Å². The molecule has 146 valence electrons. The third-order valence-corrected chi connectivity index (χ3v) is 4.28. The third-order valence-electron chi connectivity index (χ3n) is 4.28. The lowest BCUT2D eigenvalue weighted by atomic mass is 10.3. The molecule has 0 bridgehead atoms. The number of carbonyl (C=O) groups is 1. The number of aliphatic imine (C=N–C) groups is 1. The Hall–Kier alpha value is -3.36. The number of rotatable bonds is 4. The molecule has 9 heteroatoms. The van der Waals surface area contributed by atoms with Gasteiger partial charge < -0.3 is 14.8 Å². The summed E-state index contributed by atoms with van der Waals surface area (Å²) in [6, 6.07) is 3.88. The van der Waals surface area contributed by atoms with E-state index in [4.69, 9.17) is 0 Å². The van der Waals surface area contributed by atoms with Gasteiger partial charge in [0.2, 0.25) is 5.82 Å². The van der Waals surface area contributed by atoms with E-state index in [9.17, 15) is 4.79 Å². The Labute approximate surface area is 163 Å². The maximum atomic E-state index is 12.3. The van der Waals surface area contributed by atoms with Crippen LogP contribution < -0.4 is 5.32 Å². The molecule has 28 heavy (non-hydrogen) atoms. The summed E-state index contributed by atoms with van der Waals surface area (Å²) in [6.07, 6.45) is 3.24. The molecular weight excluding hydrogens is 356 g/mol. The van der Waals surface area contributed by atoms with Crippen LogP contribution in [0, 0.1) is 6.92 Å². The molecule has 1 amide bonds. The molecule has 0 spiro atoms. The Balaban J connectivity index is 1.89. The summed E-state index contributed by atoms with van der Waals surface area (Å²) < 4.78 is 2.15. The van der Waals surface area contributed by atoms with Crippen molar-refractivity contribution < 1.29 is 4.79 Å². The molecule has 3 heterocycles. The molecule has 3 aromatic rings. The van der Waals surface area contributed by atoms with E-state index in [2.05, 4.69) is 48.7 Å². The minimum Gasteiger partial charge on any atom is -0.366 e. The minimum absolute atomic E-state index is 0.0235. The average Bonchev–Trinajstić information content (AvgIpc) is 2.97. The molecule has 0 atom stereocenters. The fourth-order valence-electron chi connectivity index (χ4n) is 2.80. The van der Waals surface area contributed by atoms with Crippen molar-refractivity contribution in [3.05, 3.63) is 36.2 Å². The van der Waals surface area contributed by atoms with Gasteiger partial charge in [-0.15, -0.1) is 0 Å². The number of fused-ring (bicyclic) bond motifs is 1. The highest BCUT2D eigenvalue weighted by Crippen LogP contribution is 2.23. The van der Waals surface area contributed by atoms with Crippen molar-refractivity contribution in [1.29, 1.82) is 0 Å². The molecule has 0 aliphatic heterocycles. The van der Waals surface area contributed by atoms with Gasteiger partial charge in [-0.3, -0.25) is 4.79 Å². The Morgan fingerprint density at radius 2 is 1.96 bits per heavy atom. The first-order valence-corrected chi connectivity index (χ1v) is 8.98. The zero-order valence-corrected chi connectivity index (χ0v) is 16.9. The summed E-state index contributed by atoms with van der Waals surface area (Å²) in [4.78, 5) is 35.2. The molecular formula is C19H24N8O. The predicted molar refractivity (Wildman–Crippen MR) is 109 cm³/mol. The number of amides is 1. The number of pyridine rings is 1. The fourth-order valence-corrected chi connectivity index (χ4v) is 2.80. The van der Waals surface area contributed by atoms with Gasteiger partial charge in [0, 0.05) is 32.4 Å². The summed E-state index contributed by atoms with van der Waals surface area (Å²) in [5.74, 6) is 2.13. The second kappa shape index (κ2) is 7.71. The van der Waals surface area contributed by atoms with Crippen molar-refractivity contribution in [2.75, 3.05) is 19.4 Å². The van der Waals surface area contributed by atoms with Crippen LogP contribution in [0.2, 0.25) is 0 Å². The van der Waals surface area contributed by atoms with Crippen LogP contribution in [0.1, 0.15) is 43.3 Å². The highest BCUT2D eigenvalue weighted by molar-refractivity contribution is 6.00. The van der Waals surface area contributed by atoms with Crippen molar-refractivity contribution in [1.82, 2.24) is 29.4 Å². The van der Waals surface area contributed by atoms with Crippen molar-refractivity contribution >= 4 is 34.4 Å². The molecule has 0 aliphatic carbocycles. The van der Waals surface area contributed by atoms with Gasteiger partial charge in [0.15, 0.2) is 0 Å². The van der Waals surface area contributed by atoms with Crippen LogP contribution in [0.15, 0.2) is 29.5 Å². The summed E-state index contributed by atoms with van der Waals surface area (Å²) in [5.41, 5.74) is 1.82. The smallest absolute Gasteiger partial charge is 0.316 e. The fraction of sp³-hybridized carbons (Fsp3) is 0.368. The van der Waals surface area contributed by atoms with E-state index < -0.39 is 5.91 Å². The first-order chi connectivity index (χ1) is 13.3. The number of imidazole rings is 1. The van der Waals surface area contributed by atoms with Gasteiger partial charge >= 0.3 is 5.91 Å². The number of hydrogen-bond acceptors (Lipinski definition) is 6. The van der Waals surface area contributed by atoms with Gasteiger partial charge in [0.25, 0.3) is 0 Å². The average molecular weight is 380 g/mol. The van der Waals surface area contributed by atoms with E-state index in [1.54, 1.807) is 24.1 Å². The van der Waals surface area contributed by atoms with Gasteiger partial charge in [-0.1, -0.05) is 0 Å². The molecule has 3 rings (SSSR count). The number of hydrogen-bond donors (Lipinski definition) is 1. The zero-order chi connectivity index (χ0) is 20.4. The summed E-state index contributed by atoms with van der Waals surface area (Å²) in [6.45, 7) is 7.95. The molecule has 0 aliphatic rings. The van der Waals surface area contributed by atoms with E-state index in [1.807, 2.05) is 27.1 Å². The SMILES string of the molecule is CC(=NC(=O)c1nccc(Nc2cc3c(cn2)nc(C)n3C(C)C)n1)N(C)C. The van der Waals surface area contributed by atoms with E-state index in [0.717, 1.165) is 16.9 Å². The predicted octanol–water partition coefficient (Wildman–Crippen LogP) is 2.97. The summed E-state index contributed by atoms with van der Waals surface area (Å²) in [5, 5.41) is 3.13. The standard InChI is InChI=1S/C19H24N8O/c1-11(2)27-13(4)22-14-10-21-17(9-15(14)27)24-16-7-8-20-18(25-16)19(28)23-12(3)26(5)6/h7-11H,1-6H3,(H,20,21,24,25). The molecule has 0 unspecified atom stereocenters. The second-order valence-electron chi connectivity index (χ2n) is 6.93. The van der Waals surface area contributed by atoms with Crippen LogP contribution in [-0.4, -0.2) is 55.2 Å². The Kier molecular flexibility index (Phi) is 5.34. The Morgan fingerprint density at radius 1 is 1.21 bits per heavy atom. The monoisotopic (exact) mass is 380 g/mol. The van der Waals surface area contributed by atoms with Crippen LogP contribution in [0.4, 0.5) is 11.6 Å². The van der Waals surface area contributed by atoms with Crippen molar-refractivity contribution in [2.45, 2.75) is 33.7 Å². The first kappa shape index (κ1) is 19.4. The lowest BCUT2D eigenvalue weighted by molar-refractivity contribution is 0.0992. The van der Waals surface area contributed by atoms with Gasteiger partial charge in [0.1, 0.15) is 28.8 Å². The van der Waals surface area contributed by atoms with Crippen LogP contribution in [0.5, 0.6) is 0 Å². The largest absolute Gasteiger partial charge is 0.366 e. The number of nitrogens with zero attached hydrogens (tertiary/aromatic N) is 7. The summed E-state index contributed by atoms with van der Waals surface area (Å²) in [7, 11) is 3.63. The van der Waals surface area contributed by atoms with Crippen LogP contribution in [0.3, 0.4) is 0 Å². The Morgan fingerprint density at radius 3 is 2.64 bits per heavy atom. The molecule has 0 fully saturated rings. The second-order valence-corrected chi connectivity index (χ2v) is 6.93. The normalized spacial score (nSPS) is 11.9. The highest BCUT2D eigenvalue weighted by Gasteiger charge is 2.13. The maximum absolute atomic E-state index is 12.3. The Bertz CT molecular complexity index is 1050. The number of nitrogens with one attached hydrogen (secondary N) is 1. The van der Waals surface area contributed by atoms with Crippen LogP contribution in [0.25, 0.3) is 11.0 Å². The van der Waals surface area contributed by atoms with E-state index in [1.165, 1.54) is 6.20 Å². The minimum atomic E-state index is -0.494. The number of aryl methyl sites for hydroxylation is 1. The number of amidine groups is 1. The van der Waals surface area contributed by atoms with E-state index in [0.29, 0.717) is 17.5 Å². The topological polar surface area (TPSA) is 101 Å². The van der Waals surface area contributed by atoms with Gasteiger partial charge in [-0.2, -0.15) is 4.99 Å². The van der Waals surface area contributed by atoms with Gasteiger partial charge in [0.05, 0.1) is 11.7 Å². The van der Waals surface area contributed by atoms with Gasteiger partial charge in [-0.05, 0) is 33.8 Å². The van der Waals surface area contributed by atoms with Crippen molar-refractivity contribution in [2.24, 2.45) is 4.99 Å². The van der Waals surface area contributed by atoms with Crippen LogP contribution in [-0.2, 0) is 0 Å². The molecule has 0 saturated carbocycles. The van der Waals surface area contributed by atoms with Crippen molar-refractivity contribution in [3.8, 4) is 0 Å². The quantitative estimate of drug-likeness (QED) is 0.548. The number of anilines is 2. The number of aromatic nitrogens is 5. The molecule has 0 saturated heterocycles. The lowest BCUT2D eigenvalue weighted by Crippen LogP contribution is -2.20. The van der Waals surface area contributed by atoms with Gasteiger partial charge in [-0.25, -0.2) is 19.9 Å². The number of carbonyl (C=O) groups excluding carboxylic acids is 1. The molecule has 0 radical (unpaired) electrons. The molecule has 9 nitrogen and oxygen atoms in total. The van der Waals surface area contributed by atoms with Crippen LogP contribution >= 0.6 is 0 Å². The van der Waals surface area contributed by atoms with Crippen molar-refractivity contribution in [3.63, 3.8) is 0 Å². The molecule has 0 aromatic carbocycles. The maximum Gasteiger partial charge on any atom is 0.316 e. The van der Waals surface area contributed by atoms with E-state index in [-0.39, 0.29) is 11.9 Å². The molecule has 3 aromatic heterocycles. The zero-order valence-electron chi connectivity index (χ0n) is 16.9. The lowest BCUT2D eigenvalue weighted by Gasteiger charge is -2.11. The first-order valence-electron chi connectivity index (χ1n) is 8.98. The molecule has 1 N–H and O–H groups in total. The third kappa shape index (κ3) is 3.98. The summed E-state index contributed by atoms with van der Waals surface area (Å²) >= 11 is 0.